The summed E-state index contributed by atoms with van der Waals surface area (Å²) in [5.74, 6) is -4.78. The highest BCUT2D eigenvalue weighted by atomic mass is 31.2. The van der Waals surface area contributed by atoms with E-state index in [-0.39, 0.29) is 26.2 Å². The van der Waals surface area contributed by atoms with E-state index in [1.165, 1.54) is 0 Å². The SMILES string of the molecule is O=C(O)CC(NCCNCCN(CC(=O)O)CC(=O)NCCC(O)(P(=O)(O)O)P(=O)(O)O)C(=O)O. The number of carbonyl (C=O) groups excluding carboxylic acids is 1. The number of hydrogen-bond acceptors (Lipinski definition) is 10. The Morgan fingerprint density at radius 1 is 0.829 bits per heavy atom. The molecule has 18 nitrogen and oxygen atoms in total. The zero-order chi connectivity index (χ0) is 27.4. The number of carboxylic acids is 3. The third kappa shape index (κ3) is 12.5. The molecule has 0 aliphatic rings. The van der Waals surface area contributed by atoms with E-state index >= 15 is 0 Å². The highest BCUT2D eigenvalue weighted by Gasteiger charge is 2.58. The molecule has 0 aromatic carbocycles. The van der Waals surface area contributed by atoms with Gasteiger partial charge in [-0.15, -0.1) is 0 Å². The topological polar surface area (TPSA) is 304 Å². The first-order valence-electron chi connectivity index (χ1n) is 9.84. The summed E-state index contributed by atoms with van der Waals surface area (Å²) in [5, 5.41) is 40.0. The molecule has 11 N–H and O–H groups in total. The number of rotatable bonds is 19. The van der Waals surface area contributed by atoms with Crippen molar-refractivity contribution in [1.82, 2.24) is 20.9 Å². The average molecular weight is 552 g/mol. The van der Waals surface area contributed by atoms with E-state index < -0.39 is 82.6 Å². The maximum atomic E-state index is 12.0. The molecule has 35 heavy (non-hydrogen) atoms. The van der Waals surface area contributed by atoms with Crippen LogP contribution in [0.3, 0.4) is 0 Å². The second-order valence-electron chi connectivity index (χ2n) is 7.26. The molecule has 0 aliphatic heterocycles. The maximum absolute atomic E-state index is 12.0. The van der Waals surface area contributed by atoms with Crippen molar-refractivity contribution in [3.63, 3.8) is 0 Å². The van der Waals surface area contributed by atoms with Crippen LogP contribution in [-0.4, -0.2) is 126 Å². The minimum atomic E-state index is -5.68. The molecule has 0 radical (unpaired) electrons. The lowest BCUT2D eigenvalue weighted by molar-refractivity contribution is -0.145. The van der Waals surface area contributed by atoms with Crippen LogP contribution in [0.15, 0.2) is 0 Å². The monoisotopic (exact) mass is 552 g/mol. The minimum absolute atomic E-state index is 0.00606. The normalized spacial score (nSPS) is 13.4. The molecule has 0 bridgehead atoms. The number of carboxylic acid groups (broad SMARTS) is 3. The van der Waals surface area contributed by atoms with Gasteiger partial charge in [0.1, 0.15) is 6.04 Å². The lowest BCUT2D eigenvalue weighted by Crippen LogP contribution is -2.45. The molecule has 0 spiro atoms. The first-order valence-corrected chi connectivity index (χ1v) is 13.1. The van der Waals surface area contributed by atoms with Crippen LogP contribution < -0.4 is 16.0 Å². The van der Waals surface area contributed by atoms with Gasteiger partial charge in [-0.25, -0.2) is 0 Å². The number of amides is 1. The summed E-state index contributed by atoms with van der Waals surface area (Å²) in [6.07, 6.45) is -1.81. The first kappa shape index (κ1) is 33.0. The number of aliphatic hydroxyl groups is 1. The average Bonchev–Trinajstić information content (AvgIpc) is 2.66. The third-order valence-corrected chi connectivity index (χ3v) is 8.29. The largest absolute Gasteiger partial charge is 0.481 e. The minimum Gasteiger partial charge on any atom is -0.481 e. The summed E-state index contributed by atoms with van der Waals surface area (Å²) >= 11 is 0. The molecule has 0 heterocycles. The highest BCUT2D eigenvalue weighted by molar-refractivity contribution is 7.72. The molecule has 0 aromatic rings. The van der Waals surface area contributed by atoms with E-state index in [9.17, 15) is 33.4 Å². The Balaban J connectivity index is 4.62. The molecule has 204 valence electrons. The Hall–Kier alpha value is -1.98. The Bertz CT molecular complexity index is 822. The first-order chi connectivity index (χ1) is 15.9. The number of aliphatic carboxylic acids is 3. The van der Waals surface area contributed by atoms with Crippen LogP contribution in [0.25, 0.3) is 0 Å². The zero-order valence-corrected chi connectivity index (χ0v) is 20.1. The second-order valence-corrected chi connectivity index (χ2v) is 11.3. The summed E-state index contributed by atoms with van der Waals surface area (Å²) in [4.78, 5) is 82.0. The van der Waals surface area contributed by atoms with Gasteiger partial charge < -0.3 is 56.0 Å². The predicted octanol–water partition coefficient (Wildman–Crippen LogP) is -4.01. The fourth-order valence-corrected chi connectivity index (χ4v) is 4.78. The third-order valence-electron chi connectivity index (χ3n) is 4.42. The highest BCUT2D eigenvalue weighted by Crippen LogP contribution is 2.68. The summed E-state index contributed by atoms with van der Waals surface area (Å²) in [7, 11) is -11.4. The van der Waals surface area contributed by atoms with Crippen LogP contribution >= 0.6 is 15.2 Å². The van der Waals surface area contributed by atoms with Crippen molar-refractivity contribution in [1.29, 1.82) is 0 Å². The van der Waals surface area contributed by atoms with Crippen LogP contribution in [0.2, 0.25) is 0 Å². The van der Waals surface area contributed by atoms with Crippen molar-refractivity contribution in [3.05, 3.63) is 0 Å². The Morgan fingerprint density at radius 3 is 1.86 bits per heavy atom. The van der Waals surface area contributed by atoms with Crippen LogP contribution in [0.1, 0.15) is 12.8 Å². The Morgan fingerprint density at radius 2 is 1.40 bits per heavy atom. The molecular weight excluding hydrogens is 522 g/mol. The summed E-state index contributed by atoms with van der Waals surface area (Å²) in [5.41, 5.74) is 0. The smallest absolute Gasteiger partial charge is 0.369 e. The van der Waals surface area contributed by atoms with Gasteiger partial charge in [0.25, 0.3) is 5.08 Å². The quantitative estimate of drug-likeness (QED) is 0.0537. The van der Waals surface area contributed by atoms with Gasteiger partial charge in [-0.2, -0.15) is 0 Å². The van der Waals surface area contributed by atoms with Gasteiger partial charge in [-0.1, -0.05) is 0 Å². The lowest BCUT2D eigenvalue weighted by Gasteiger charge is -2.29. The molecule has 0 saturated carbocycles. The van der Waals surface area contributed by atoms with Crippen molar-refractivity contribution < 1.29 is 68.3 Å². The van der Waals surface area contributed by atoms with Gasteiger partial charge in [0.05, 0.1) is 19.5 Å². The number of carbonyl (C=O) groups is 4. The molecule has 1 unspecified atom stereocenters. The van der Waals surface area contributed by atoms with Crippen molar-refractivity contribution >= 4 is 39.0 Å². The van der Waals surface area contributed by atoms with Gasteiger partial charge in [-0.3, -0.25) is 33.2 Å². The molecule has 0 rings (SSSR count). The van der Waals surface area contributed by atoms with E-state index in [4.69, 9.17) is 34.9 Å². The number of nitrogens with one attached hydrogen (secondary N) is 3. The maximum Gasteiger partial charge on any atom is 0.369 e. The molecule has 1 amide bonds. The fourth-order valence-electron chi connectivity index (χ4n) is 2.61. The Labute approximate surface area is 198 Å². The van der Waals surface area contributed by atoms with Crippen molar-refractivity contribution in [3.8, 4) is 0 Å². The van der Waals surface area contributed by atoms with E-state index in [0.717, 1.165) is 4.90 Å². The molecule has 0 aromatic heterocycles. The zero-order valence-electron chi connectivity index (χ0n) is 18.3. The van der Waals surface area contributed by atoms with Crippen molar-refractivity contribution in [2.45, 2.75) is 24.0 Å². The molecule has 0 fully saturated rings. The van der Waals surface area contributed by atoms with E-state index in [0.29, 0.717) is 0 Å². The Kier molecular flexibility index (Phi) is 13.7. The van der Waals surface area contributed by atoms with Crippen LogP contribution in [0.5, 0.6) is 0 Å². The van der Waals surface area contributed by atoms with Crippen LogP contribution in [0, 0.1) is 0 Å². The molecule has 20 heteroatoms. The van der Waals surface area contributed by atoms with E-state index in [2.05, 4.69) is 16.0 Å². The summed E-state index contributed by atoms with van der Waals surface area (Å²) in [6.45, 7) is -1.44. The number of nitrogens with zero attached hydrogens (tertiary/aromatic N) is 1. The molecule has 0 saturated heterocycles. The van der Waals surface area contributed by atoms with Gasteiger partial charge in [0.15, 0.2) is 0 Å². The number of hydrogen-bond donors (Lipinski definition) is 11. The van der Waals surface area contributed by atoms with Crippen LogP contribution in [-0.2, 0) is 28.3 Å². The van der Waals surface area contributed by atoms with Crippen molar-refractivity contribution in [2.24, 2.45) is 0 Å². The van der Waals surface area contributed by atoms with Gasteiger partial charge in [-0.05, 0) is 0 Å². The standard InChI is InChI=1S/C15H30N4O14P2/c20-11(18-2-1-15(27,34(28,29)30)35(31,32)33)8-19(9-13(23)24)6-5-16-3-4-17-10(14(25)26)7-12(21)22/h10,16-17,27H,1-9H2,(H,18,20)(H,21,22)(H,23,24)(H,25,26)(H2,28,29,30)(H2,31,32,33). The predicted molar refractivity (Wildman–Crippen MR) is 115 cm³/mol. The second kappa shape index (κ2) is 14.5. The summed E-state index contributed by atoms with van der Waals surface area (Å²) in [6, 6.07) is -1.30. The van der Waals surface area contributed by atoms with Gasteiger partial charge >= 0.3 is 33.1 Å². The lowest BCUT2D eigenvalue weighted by atomic mass is 10.2. The molecule has 1 atom stereocenters. The molecule has 0 aliphatic carbocycles. The fraction of sp³-hybridized carbons (Fsp3) is 0.733. The van der Waals surface area contributed by atoms with Gasteiger partial charge in [0.2, 0.25) is 5.91 Å². The van der Waals surface area contributed by atoms with Gasteiger partial charge in [0, 0.05) is 39.1 Å². The van der Waals surface area contributed by atoms with E-state index in [1.807, 2.05) is 0 Å². The van der Waals surface area contributed by atoms with Crippen LogP contribution in [0.4, 0.5) is 0 Å². The molecular formula is C15H30N4O14P2. The summed E-state index contributed by atoms with van der Waals surface area (Å²) < 4.78 is 22.6. The van der Waals surface area contributed by atoms with Crippen molar-refractivity contribution in [2.75, 3.05) is 45.8 Å². The van der Waals surface area contributed by atoms with E-state index in [1.54, 1.807) is 0 Å².